The van der Waals surface area contributed by atoms with Crippen molar-refractivity contribution in [2.75, 3.05) is 0 Å². The van der Waals surface area contributed by atoms with Gasteiger partial charge in [0.15, 0.2) is 0 Å². The molecule has 0 amide bonds. The molecule has 96 valence electrons. The van der Waals surface area contributed by atoms with Gasteiger partial charge in [-0.2, -0.15) is 0 Å². The van der Waals surface area contributed by atoms with Crippen LogP contribution >= 0.6 is 0 Å². The van der Waals surface area contributed by atoms with Gasteiger partial charge in [0.1, 0.15) is 17.3 Å². The molecule has 1 aromatic carbocycles. The number of nitrogens with one attached hydrogen (secondary N) is 1. The molecule has 0 saturated heterocycles. The molecule has 0 aliphatic heterocycles. The van der Waals surface area contributed by atoms with Gasteiger partial charge >= 0.3 is 0 Å². The molecule has 2 rings (SSSR count). The highest BCUT2D eigenvalue weighted by molar-refractivity contribution is 5.21. The Morgan fingerprint density at radius 2 is 2.00 bits per heavy atom. The molecule has 18 heavy (non-hydrogen) atoms. The number of rotatable bonds is 5. The molecule has 0 bridgehead atoms. The van der Waals surface area contributed by atoms with Gasteiger partial charge in [0.25, 0.3) is 0 Å². The summed E-state index contributed by atoms with van der Waals surface area (Å²) in [6.45, 7) is 4.57. The quantitative estimate of drug-likeness (QED) is 0.864. The predicted octanol–water partition coefficient (Wildman–Crippen LogP) is 3.97. The minimum absolute atomic E-state index is 0.0107. The standard InChI is InChI=1S/C15H18FNO/c1-3-15(13-6-4-5-7-14(13)16)17-10-12-9-8-11(2)18-12/h4-9,15,17H,3,10H2,1-2H3. The molecule has 1 unspecified atom stereocenters. The van der Waals surface area contributed by atoms with E-state index >= 15 is 0 Å². The molecular weight excluding hydrogens is 229 g/mol. The van der Waals surface area contributed by atoms with Gasteiger partial charge in [-0.1, -0.05) is 25.1 Å². The minimum atomic E-state index is -0.160. The summed E-state index contributed by atoms with van der Waals surface area (Å²) in [7, 11) is 0. The van der Waals surface area contributed by atoms with E-state index in [4.69, 9.17) is 4.42 Å². The fraction of sp³-hybridized carbons (Fsp3) is 0.333. The Hall–Kier alpha value is -1.61. The monoisotopic (exact) mass is 247 g/mol. The number of hydrogen-bond acceptors (Lipinski definition) is 2. The fourth-order valence-corrected chi connectivity index (χ4v) is 2.04. The van der Waals surface area contributed by atoms with Crippen LogP contribution in [0.3, 0.4) is 0 Å². The molecule has 1 heterocycles. The molecule has 1 N–H and O–H groups in total. The molecule has 2 aromatic rings. The van der Waals surface area contributed by atoms with Crippen molar-refractivity contribution in [1.29, 1.82) is 0 Å². The Morgan fingerprint density at radius 3 is 2.61 bits per heavy atom. The average molecular weight is 247 g/mol. The number of benzene rings is 1. The third-order valence-electron chi connectivity index (χ3n) is 3.01. The largest absolute Gasteiger partial charge is 0.465 e. The van der Waals surface area contributed by atoms with Crippen LogP contribution in [0.1, 0.15) is 36.5 Å². The molecule has 3 heteroatoms. The lowest BCUT2D eigenvalue weighted by Crippen LogP contribution is -2.21. The Labute approximate surface area is 107 Å². The predicted molar refractivity (Wildman–Crippen MR) is 69.7 cm³/mol. The van der Waals surface area contributed by atoms with E-state index in [1.807, 2.05) is 38.1 Å². The molecule has 1 aromatic heterocycles. The maximum Gasteiger partial charge on any atom is 0.127 e. The van der Waals surface area contributed by atoms with Crippen molar-refractivity contribution in [3.63, 3.8) is 0 Å². The number of aryl methyl sites for hydroxylation is 1. The zero-order valence-corrected chi connectivity index (χ0v) is 10.7. The van der Waals surface area contributed by atoms with Crippen LogP contribution in [0, 0.1) is 12.7 Å². The third-order valence-corrected chi connectivity index (χ3v) is 3.01. The third kappa shape index (κ3) is 2.99. The molecule has 0 spiro atoms. The van der Waals surface area contributed by atoms with E-state index < -0.39 is 0 Å². The van der Waals surface area contributed by atoms with E-state index in [-0.39, 0.29) is 11.9 Å². The van der Waals surface area contributed by atoms with Crippen LogP contribution in [0.5, 0.6) is 0 Å². The first-order chi connectivity index (χ1) is 8.70. The smallest absolute Gasteiger partial charge is 0.127 e. The Bertz CT molecular complexity index is 507. The SMILES string of the molecule is CCC(NCc1ccc(C)o1)c1ccccc1F. The lowest BCUT2D eigenvalue weighted by Gasteiger charge is -2.17. The van der Waals surface area contributed by atoms with Gasteiger partial charge in [-0.05, 0) is 31.5 Å². The molecule has 0 saturated carbocycles. The van der Waals surface area contributed by atoms with Crippen LogP contribution in [0.2, 0.25) is 0 Å². The Morgan fingerprint density at radius 1 is 1.22 bits per heavy atom. The number of hydrogen-bond donors (Lipinski definition) is 1. The summed E-state index contributed by atoms with van der Waals surface area (Å²) in [6.07, 6.45) is 0.834. The lowest BCUT2D eigenvalue weighted by atomic mass is 10.0. The van der Waals surface area contributed by atoms with Crippen LogP contribution in [-0.4, -0.2) is 0 Å². The molecule has 0 fully saturated rings. The number of furan rings is 1. The van der Waals surface area contributed by atoms with Gasteiger partial charge in [0.2, 0.25) is 0 Å². The Balaban J connectivity index is 2.04. The molecule has 2 nitrogen and oxygen atoms in total. The zero-order valence-electron chi connectivity index (χ0n) is 10.7. The van der Waals surface area contributed by atoms with Gasteiger partial charge in [-0.3, -0.25) is 0 Å². The highest BCUT2D eigenvalue weighted by Crippen LogP contribution is 2.20. The van der Waals surface area contributed by atoms with Gasteiger partial charge in [-0.15, -0.1) is 0 Å². The second kappa shape index (κ2) is 5.83. The van der Waals surface area contributed by atoms with Crippen LogP contribution in [0.15, 0.2) is 40.8 Å². The van der Waals surface area contributed by atoms with Crippen molar-refractivity contribution >= 4 is 0 Å². The van der Waals surface area contributed by atoms with E-state index in [0.717, 1.165) is 17.9 Å². The minimum Gasteiger partial charge on any atom is -0.465 e. The summed E-state index contributed by atoms with van der Waals surface area (Å²) >= 11 is 0. The lowest BCUT2D eigenvalue weighted by molar-refractivity contribution is 0.423. The van der Waals surface area contributed by atoms with Crippen LogP contribution < -0.4 is 5.32 Å². The first-order valence-corrected chi connectivity index (χ1v) is 6.24. The van der Waals surface area contributed by atoms with Crippen molar-refractivity contribution in [2.24, 2.45) is 0 Å². The second-order valence-electron chi connectivity index (χ2n) is 4.38. The second-order valence-corrected chi connectivity index (χ2v) is 4.38. The molecule has 0 aliphatic rings. The highest BCUT2D eigenvalue weighted by atomic mass is 19.1. The van der Waals surface area contributed by atoms with Crippen molar-refractivity contribution in [2.45, 2.75) is 32.9 Å². The summed E-state index contributed by atoms with van der Waals surface area (Å²) in [6, 6.07) is 10.8. The van der Waals surface area contributed by atoms with E-state index in [0.29, 0.717) is 12.1 Å². The summed E-state index contributed by atoms with van der Waals surface area (Å²) in [5.74, 6) is 1.61. The summed E-state index contributed by atoms with van der Waals surface area (Å²) in [5.41, 5.74) is 0.711. The molecule has 0 aliphatic carbocycles. The van der Waals surface area contributed by atoms with Gasteiger partial charge in [-0.25, -0.2) is 4.39 Å². The van der Waals surface area contributed by atoms with Crippen LogP contribution in [0.4, 0.5) is 4.39 Å². The van der Waals surface area contributed by atoms with Crippen molar-refractivity contribution in [3.8, 4) is 0 Å². The average Bonchev–Trinajstić information content (AvgIpc) is 2.78. The maximum absolute atomic E-state index is 13.7. The van der Waals surface area contributed by atoms with E-state index in [1.165, 1.54) is 6.07 Å². The van der Waals surface area contributed by atoms with E-state index in [2.05, 4.69) is 5.32 Å². The maximum atomic E-state index is 13.7. The highest BCUT2D eigenvalue weighted by Gasteiger charge is 2.13. The normalized spacial score (nSPS) is 12.6. The van der Waals surface area contributed by atoms with E-state index in [1.54, 1.807) is 6.07 Å². The molecule has 1 atom stereocenters. The summed E-state index contributed by atoms with van der Waals surface area (Å²) in [4.78, 5) is 0. The van der Waals surface area contributed by atoms with Crippen molar-refractivity contribution < 1.29 is 8.81 Å². The number of halogens is 1. The van der Waals surface area contributed by atoms with Gasteiger partial charge in [0, 0.05) is 11.6 Å². The van der Waals surface area contributed by atoms with Crippen molar-refractivity contribution in [1.82, 2.24) is 5.32 Å². The molecule has 0 radical (unpaired) electrons. The van der Waals surface area contributed by atoms with Crippen LogP contribution in [-0.2, 0) is 6.54 Å². The van der Waals surface area contributed by atoms with Gasteiger partial charge in [0.05, 0.1) is 6.54 Å². The van der Waals surface area contributed by atoms with Gasteiger partial charge < -0.3 is 9.73 Å². The van der Waals surface area contributed by atoms with Crippen LogP contribution in [0.25, 0.3) is 0 Å². The zero-order chi connectivity index (χ0) is 13.0. The summed E-state index contributed by atoms with van der Waals surface area (Å²) < 4.78 is 19.2. The summed E-state index contributed by atoms with van der Waals surface area (Å²) in [5, 5.41) is 3.32. The molecular formula is C15H18FNO. The fourth-order valence-electron chi connectivity index (χ4n) is 2.04. The first-order valence-electron chi connectivity index (χ1n) is 6.24. The topological polar surface area (TPSA) is 25.2 Å². The Kier molecular flexibility index (Phi) is 4.15. The van der Waals surface area contributed by atoms with Crippen molar-refractivity contribution in [3.05, 3.63) is 59.3 Å². The first kappa shape index (κ1) is 12.8. The van der Waals surface area contributed by atoms with E-state index in [9.17, 15) is 4.39 Å².